The number of morpholine rings is 1. The third kappa shape index (κ3) is 6.37. The molecule has 1 atom stereocenters. The second-order valence-electron chi connectivity index (χ2n) is 7.03. The molecular weight excluding hydrogens is 399 g/mol. The van der Waals surface area contributed by atoms with E-state index in [4.69, 9.17) is 4.74 Å². The van der Waals surface area contributed by atoms with Gasteiger partial charge >= 0.3 is 0 Å². The second-order valence-corrected chi connectivity index (χ2v) is 9.05. The quantitative estimate of drug-likeness (QED) is 0.488. The highest BCUT2D eigenvalue weighted by Crippen LogP contribution is 2.18. The largest absolute Gasteiger partial charge is 0.379 e. The first-order chi connectivity index (χ1) is 14.0. The first kappa shape index (κ1) is 22.0. The Balaban J connectivity index is 1.51. The molecule has 10 heteroatoms. The number of halogens is 1. The number of ether oxygens (including phenoxy) is 1. The van der Waals surface area contributed by atoms with Crippen molar-refractivity contribution in [3.05, 3.63) is 30.1 Å². The second kappa shape index (κ2) is 10.3. The fourth-order valence-corrected chi connectivity index (χ4v) is 4.85. The molecule has 1 aromatic rings. The lowest BCUT2D eigenvalue weighted by Crippen LogP contribution is -2.51. The highest BCUT2D eigenvalue weighted by Gasteiger charge is 2.29. The molecule has 8 nitrogen and oxygen atoms in total. The van der Waals surface area contributed by atoms with Crippen LogP contribution in [0.25, 0.3) is 0 Å². The van der Waals surface area contributed by atoms with Crippen molar-refractivity contribution in [2.24, 2.45) is 0 Å². The molecule has 3 rings (SSSR count). The van der Waals surface area contributed by atoms with Gasteiger partial charge in [-0.1, -0.05) is 11.8 Å². The summed E-state index contributed by atoms with van der Waals surface area (Å²) in [4.78, 5) is 4.14. The third-order valence-corrected chi connectivity index (χ3v) is 6.95. The molecular formula is C19H27FN4O4S. The van der Waals surface area contributed by atoms with Gasteiger partial charge in [0.15, 0.2) is 0 Å². The maximum atomic E-state index is 13.1. The number of sulfonamides is 1. The van der Waals surface area contributed by atoms with Crippen molar-refractivity contribution in [3.63, 3.8) is 0 Å². The fraction of sp³-hybridized carbons (Fsp3) is 0.579. The van der Waals surface area contributed by atoms with Crippen LogP contribution in [-0.4, -0.2) is 93.7 Å². The number of piperazine rings is 1. The highest BCUT2D eigenvalue weighted by atomic mass is 32.2. The summed E-state index contributed by atoms with van der Waals surface area (Å²) in [5.41, 5.74) is 2.87. The number of benzene rings is 1. The van der Waals surface area contributed by atoms with Gasteiger partial charge in [0.25, 0.3) is 0 Å². The van der Waals surface area contributed by atoms with Crippen molar-refractivity contribution in [2.45, 2.75) is 6.04 Å². The van der Waals surface area contributed by atoms with E-state index in [0.29, 0.717) is 45.9 Å². The van der Waals surface area contributed by atoms with Crippen molar-refractivity contribution in [1.82, 2.24) is 14.7 Å². The van der Waals surface area contributed by atoms with E-state index in [0.717, 1.165) is 18.8 Å². The highest BCUT2D eigenvalue weighted by molar-refractivity contribution is 7.89. The van der Waals surface area contributed by atoms with Crippen molar-refractivity contribution in [3.8, 4) is 11.8 Å². The van der Waals surface area contributed by atoms with E-state index in [2.05, 4.69) is 16.7 Å². The molecule has 1 unspecified atom stereocenters. The zero-order valence-electron chi connectivity index (χ0n) is 16.3. The average molecular weight is 427 g/mol. The number of nitrogens with one attached hydrogen (secondary N) is 1. The van der Waals surface area contributed by atoms with E-state index >= 15 is 0 Å². The molecule has 1 aromatic carbocycles. The molecule has 0 radical (unpaired) electrons. The first-order valence-electron chi connectivity index (χ1n) is 9.64. The lowest BCUT2D eigenvalue weighted by atomic mass is 10.2. The summed E-state index contributed by atoms with van der Waals surface area (Å²) < 4.78 is 45.2. The molecule has 2 fully saturated rings. The van der Waals surface area contributed by atoms with Gasteiger partial charge in [-0.05, 0) is 24.3 Å². The topological polar surface area (TPSA) is 85.3 Å². The minimum Gasteiger partial charge on any atom is -0.379 e. The molecule has 0 spiro atoms. The van der Waals surface area contributed by atoms with E-state index < -0.39 is 16.1 Å². The van der Waals surface area contributed by atoms with E-state index in [1.54, 1.807) is 12.1 Å². The first-order valence-corrected chi connectivity index (χ1v) is 11.3. The summed E-state index contributed by atoms with van der Waals surface area (Å²) in [6.07, 6.45) is 0. The van der Waals surface area contributed by atoms with Gasteiger partial charge in [0.05, 0.1) is 25.5 Å². The standard InChI is InChI=1S/C19H27FN4O4S/c20-17-3-5-19(6-4-17)23-8-10-24(11-9-23)29(26,27)16-18(21-25)2-1-7-22-12-14-28-15-13-22/h3-6,18,21,25H,7-16H2. The zero-order valence-corrected chi connectivity index (χ0v) is 17.1. The van der Waals surface area contributed by atoms with Crippen LogP contribution in [0, 0.1) is 17.7 Å². The number of nitrogens with zero attached hydrogens (tertiary/aromatic N) is 3. The van der Waals surface area contributed by atoms with Crippen LogP contribution >= 0.6 is 0 Å². The van der Waals surface area contributed by atoms with Gasteiger partial charge in [0.1, 0.15) is 11.9 Å². The molecule has 0 bridgehead atoms. The van der Waals surface area contributed by atoms with Crippen molar-refractivity contribution < 1.29 is 22.8 Å². The van der Waals surface area contributed by atoms with Crippen LogP contribution in [0.15, 0.2) is 24.3 Å². The number of rotatable bonds is 6. The molecule has 2 aliphatic heterocycles. The summed E-state index contributed by atoms with van der Waals surface area (Å²) in [7, 11) is -3.57. The van der Waals surface area contributed by atoms with Crippen molar-refractivity contribution in [2.75, 3.05) is 69.7 Å². The Kier molecular flexibility index (Phi) is 7.83. The summed E-state index contributed by atoms with van der Waals surface area (Å²) in [6, 6.07) is 5.32. The molecule has 2 saturated heterocycles. The van der Waals surface area contributed by atoms with Gasteiger partial charge in [0.2, 0.25) is 10.0 Å². The summed E-state index contributed by atoms with van der Waals surface area (Å²) in [5, 5.41) is 9.33. The molecule has 0 aromatic heterocycles. The molecule has 2 N–H and O–H groups in total. The van der Waals surface area contributed by atoms with E-state index in [1.165, 1.54) is 16.4 Å². The third-order valence-electron chi connectivity index (χ3n) is 5.04. The van der Waals surface area contributed by atoms with Gasteiger partial charge < -0.3 is 14.8 Å². The Hall–Kier alpha value is -1.74. The monoisotopic (exact) mass is 426 g/mol. The molecule has 0 aliphatic carbocycles. The van der Waals surface area contributed by atoms with Crippen molar-refractivity contribution >= 4 is 15.7 Å². The van der Waals surface area contributed by atoms with Crippen LogP contribution in [-0.2, 0) is 14.8 Å². The fourth-order valence-electron chi connectivity index (χ4n) is 3.34. The van der Waals surface area contributed by atoms with Crippen LogP contribution in [0.2, 0.25) is 0 Å². The van der Waals surface area contributed by atoms with Crippen LogP contribution in [0.3, 0.4) is 0 Å². The van der Waals surface area contributed by atoms with Gasteiger partial charge in [-0.3, -0.25) is 4.90 Å². The lowest BCUT2D eigenvalue weighted by molar-refractivity contribution is 0.0443. The average Bonchev–Trinajstić information content (AvgIpc) is 2.74. The maximum absolute atomic E-state index is 13.1. The Morgan fingerprint density at radius 2 is 1.76 bits per heavy atom. The van der Waals surface area contributed by atoms with E-state index in [-0.39, 0.29) is 11.6 Å². The van der Waals surface area contributed by atoms with Gasteiger partial charge in [0, 0.05) is 45.0 Å². The summed E-state index contributed by atoms with van der Waals surface area (Å²) in [6.45, 7) is 5.14. The Morgan fingerprint density at radius 1 is 1.10 bits per heavy atom. The Morgan fingerprint density at radius 3 is 2.38 bits per heavy atom. The minimum absolute atomic E-state index is 0.295. The predicted octanol–water partition coefficient (Wildman–Crippen LogP) is -0.0395. The van der Waals surface area contributed by atoms with Gasteiger partial charge in [-0.2, -0.15) is 9.79 Å². The molecule has 2 heterocycles. The lowest BCUT2D eigenvalue weighted by Gasteiger charge is -2.35. The smallest absolute Gasteiger partial charge is 0.216 e. The summed E-state index contributed by atoms with van der Waals surface area (Å²) >= 11 is 0. The number of hydrogen-bond acceptors (Lipinski definition) is 7. The molecule has 0 amide bonds. The van der Waals surface area contributed by atoms with Gasteiger partial charge in [-0.15, -0.1) is 0 Å². The van der Waals surface area contributed by atoms with E-state index in [1.807, 2.05) is 10.4 Å². The van der Waals surface area contributed by atoms with Crippen LogP contribution in [0.5, 0.6) is 0 Å². The molecule has 160 valence electrons. The van der Waals surface area contributed by atoms with Crippen LogP contribution in [0.4, 0.5) is 10.1 Å². The zero-order chi connectivity index (χ0) is 20.7. The maximum Gasteiger partial charge on any atom is 0.216 e. The normalized spacial score (nSPS) is 20.1. The molecule has 2 aliphatic rings. The summed E-state index contributed by atoms with van der Waals surface area (Å²) in [5.74, 6) is 5.15. The van der Waals surface area contributed by atoms with Crippen LogP contribution in [0.1, 0.15) is 0 Å². The SMILES string of the molecule is O=S(=O)(CC(C#CCN1CCOCC1)NO)N1CCN(c2ccc(F)cc2)CC1. The van der Waals surface area contributed by atoms with Crippen molar-refractivity contribution in [1.29, 1.82) is 0 Å². The van der Waals surface area contributed by atoms with E-state index in [9.17, 15) is 18.0 Å². The Labute approximate surface area is 171 Å². The molecule has 0 saturated carbocycles. The minimum atomic E-state index is -3.57. The number of hydroxylamine groups is 1. The number of anilines is 1. The van der Waals surface area contributed by atoms with Crippen LogP contribution < -0.4 is 10.4 Å². The number of hydrogen-bond donors (Lipinski definition) is 2. The predicted molar refractivity (Wildman–Crippen MR) is 108 cm³/mol. The molecule has 29 heavy (non-hydrogen) atoms. The van der Waals surface area contributed by atoms with Gasteiger partial charge in [-0.25, -0.2) is 12.8 Å². The Bertz CT molecular complexity index is 811.